The van der Waals surface area contributed by atoms with Crippen LogP contribution in [0.4, 0.5) is 5.69 Å². The fraction of sp³-hybridized carbons (Fsp3) is 0.150. The maximum absolute atomic E-state index is 6.24. The Bertz CT molecular complexity index is 1030. The van der Waals surface area contributed by atoms with Crippen molar-refractivity contribution >= 4 is 29.1 Å². The molecule has 142 valence electrons. The number of benzene rings is 2. The Morgan fingerprint density at radius 3 is 2.96 bits per heavy atom. The first-order chi connectivity index (χ1) is 13.7. The van der Waals surface area contributed by atoms with Gasteiger partial charge < -0.3 is 14.8 Å². The summed E-state index contributed by atoms with van der Waals surface area (Å²) in [4.78, 5) is 4.57. The molecule has 8 heteroatoms. The Hall–Kier alpha value is -2.77. The van der Waals surface area contributed by atoms with E-state index in [-0.39, 0.29) is 0 Å². The summed E-state index contributed by atoms with van der Waals surface area (Å²) in [5.74, 6) is 1.73. The Balaban J connectivity index is 1.83. The van der Waals surface area contributed by atoms with Gasteiger partial charge in [0.25, 0.3) is 0 Å². The molecule has 6 nitrogen and oxygen atoms in total. The van der Waals surface area contributed by atoms with Crippen LogP contribution in [-0.2, 0) is 0 Å². The molecule has 4 rings (SSSR count). The average Bonchev–Trinajstić information content (AvgIpc) is 2.88. The van der Waals surface area contributed by atoms with Gasteiger partial charge in [0.2, 0.25) is 17.3 Å². The van der Waals surface area contributed by atoms with Gasteiger partial charge in [-0.15, -0.1) is 16.8 Å². The van der Waals surface area contributed by atoms with Crippen molar-refractivity contribution in [3.63, 3.8) is 0 Å². The second-order valence-electron chi connectivity index (χ2n) is 5.92. The molecule has 28 heavy (non-hydrogen) atoms. The van der Waals surface area contributed by atoms with Gasteiger partial charge in [0.1, 0.15) is 5.75 Å². The van der Waals surface area contributed by atoms with Crippen LogP contribution in [0.1, 0.15) is 11.8 Å². The minimum absolute atomic E-state index is 0.394. The minimum Gasteiger partial charge on any atom is -0.496 e. The standard InChI is InChI=1S/C20H17ClN4O2S/c1-3-10-28-20-23-19-17(24-25-20)13-6-4-5-7-15(13)22-18(27-19)14-11-12(21)8-9-16(14)26-2/h3-9,11,18,22H,1,10H2,2H3/t18-/m0/s1. The highest BCUT2D eigenvalue weighted by molar-refractivity contribution is 7.99. The molecule has 1 aliphatic heterocycles. The molecule has 0 radical (unpaired) electrons. The molecule has 2 aromatic carbocycles. The SMILES string of the molecule is C=CCSc1nnc2c(n1)O[C@@H](c1cc(Cl)ccc1OC)Nc1ccccc1-2. The van der Waals surface area contributed by atoms with E-state index in [0.29, 0.717) is 33.3 Å². The number of rotatable bonds is 5. The molecule has 0 fully saturated rings. The molecule has 2 heterocycles. The molecule has 0 spiro atoms. The molecule has 0 aliphatic carbocycles. The van der Waals surface area contributed by atoms with Crippen LogP contribution in [0, 0.1) is 0 Å². The van der Waals surface area contributed by atoms with Gasteiger partial charge in [-0.2, -0.15) is 4.98 Å². The van der Waals surface area contributed by atoms with Crippen LogP contribution in [0.25, 0.3) is 11.3 Å². The summed E-state index contributed by atoms with van der Waals surface area (Å²) in [5.41, 5.74) is 3.06. The number of ether oxygens (including phenoxy) is 2. The van der Waals surface area contributed by atoms with Crippen molar-refractivity contribution < 1.29 is 9.47 Å². The highest BCUT2D eigenvalue weighted by atomic mass is 35.5. The lowest BCUT2D eigenvalue weighted by Crippen LogP contribution is -2.18. The molecule has 0 bridgehead atoms. The number of methoxy groups -OCH3 is 1. The lowest BCUT2D eigenvalue weighted by atomic mass is 10.1. The Morgan fingerprint density at radius 1 is 1.29 bits per heavy atom. The quantitative estimate of drug-likeness (QED) is 0.468. The zero-order chi connectivity index (χ0) is 19.5. The first-order valence-corrected chi connectivity index (χ1v) is 9.90. The second-order valence-corrected chi connectivity index (χ2v) is 7.35. The van der Waals surface area contributed by atoms with Gasteiger partial charge in [0, 0.05) is 22.0 Å². The largest absolute Gasteiger partial charge is 0.496 e. The van der Waals surface area contributed by atoms with Gasteiger partial charge in [0.05, 0.1) is 12.7 Å². The van der Waals surface area contributed by atoms with E-state index in [2.05, 4.69) is 27.1 Å². The van der Waals surface area contributed by atoms with E-state index < -0.39 is 6.23 Å². The monoisotopic (exact) mass is 412 g/mol. The maximum Gasteiger partial charge on any atom is 0.247 e. The third-order valence-corrected chi connectivity index (χ3v) is 5.21. The number of hydrogen-bond acceptors (Lipinski definition) is 7. The predicted molar refractivity (Wildman–Crippen MR) is 111 cm³/mol. The number of nitrogens with zero attached hydrogens (tertiary/aromatic N) is 3. The second kappa shape index (κ2) is 8.08. The molecule has 0 saturated heterocycles. The summed E-state index contributed by atoms with van der Waals surface area (Å²) in [6.45, 7) is 3.72. The van der Waals surface area contributed by atoms with Crippen LogP contribution in [-0.4, -0.2) is 28.0 Å². The molecule has 0 amide bonds. The summed E-state index contributed by atoms with van der Waals surface area (Å²) in [6, 6.07) is 13.2. The highest BCUT2D eigenvalue weighted by Crippen LogP contribution is 2.41. The number of thioether (sulfide) groups is 1. The van der Waals surface area contributed by atoms with Crippen LogP contribution in [0.5, 0.6) is 11.6 Å². The maximum atomic E-state index is 6.24. The number of hydrogen-bond donors (Lipinski definition) is 1. The van der Waals surface area contributed by atoms with Crippen LogP contribution in [0.3, 0.4) is 0 Å². The minimum atomic E-state index is -0.565. The number of anilines is 1. The molecule has 1 N–H and O–H groups in total. The van der Waals surface area contributed by atoms with Crippen molar-refractivity contribution in [2.45, 2.75) is 11.4 Å². The fourth-order valence-electron chi connectivity index (χ4n) is 2.89. The van der Waals surface area contributed by atoms with Crippen LogP contribution in [0.15, 0.2) is 60.3 Å². The summed E-state index contributed by atoms with van der Waals surface area (Å²) in [7, 11) is 1.61. The molecule has 1 aromatic heterocycles. The highest BCUT2D eigenvalue weighted by Gasteiger charge is 2.28. The molecule has 1 atom stereocenters. The molecule has 0 unspecified atom stereocenters. The van der Waals surface area contributed by atoms with Gasteiger partial charge in [-0.1, -0.05) is 47.6 Å². The van der Waals surface area contributed by atoms with E-state index in [4.69, 9.17) is 21.1 Å². The van der Waals surface area contributed by atoms with E-state index in [1.165, 1.54) is 11.8 Å². The van der Waals surface area contributed by atoms with Crippen molar-refractivity contribution in [2.75, 3.05) is 18.2 Å². The number of para-hydroxylation sites is 1. The normalized spacial score (nSPS) is 14.7. The van der Waals surface area contributed by atoms with E-state index >= 15 is 0 Å². The van der Waals surface area contributed by atoms with E-state index in [9.17, 15) is 0 Å². The molecule has 3 aromatic rings. The summed E-state index contributed by atoms with van der Waals surface area (Å²) in [6.07, 6.45) is 1.22. The van der Waals surface area contributed by atoms with E-state index in [1.807, 2.05) is 36.4 Å². The first-order valence-electron chi connectivity index (χ1n) is 8.54. The van der Waals surface area contributed by atoms with Crippen molar-refractivity contribution in [1.82, 2.24) is 15.2 Å². The lowest BCUT2D eigenvalue weighted by molar-refractivity contribution is 0.220. The smallest absolute Gasteiger partial charge is 0.247 e. The van der Waals surface area contributed by atoms with Crippen molar-refractivity contribution in [3.05, 3.63) is 65.7 Å². The Labute approximate surface area is 172 Å². The van der Waals surface area contributed by atoms with Gasteiger partial charge in [-0.05, 0) is 24.3 Å². The molecule has 1 aliphatic rings. The fourth-order valence-corrected chi connectivity index (χ4v) is 3.59. The lowest BCUT2D eigenvalue weighted by Gasteiger charge is -2.21. The topological polar surface area (TPSA) is 69.2 Å². The van der Waals surface area contributed by atoms with Gasteiger partial charge in [-0.3, -0.25) is 0 Å². The van der Waals surface area contributed by atoms with Crippen LogP contribution in [0.2, 0.25) is 5.02 Å². The summed E-state index contributed by atoms with van der Waals surface area (Å²) < 4.78 is 11.7. The Morgan fingerprint density at radius 2 is 2.14 bits per heavy atom. The number of aromatic nitrogens is 3. The predicted octanol–water partition coefficient (Wildman–Crippen LogP) is 4.98. The van der Waals surface area contributed by atoms with Gasteiger partial charge >= 0.3 is 0 Å². The first kappa shape index (κ1) is 18.6. The van der Waals surface area contributed by atoms with Crippen molar-refractivity contribution in [1.29, 1.82) is 0 Å². The molecular weight excluding hydrogens is 396 g/mol. The summed E-state index contributed by atoms with van der Waals surface area (Å²) in [5, 5.41) is 13.1. The van der Waals surface area contributed by atoms with Crippen molar-refractivity contribution in [3.8, 4) is 22.9 Å². The van der Waals surface area contributed by atoms with Crippen LogP contribution < -0.4 is 14.8 Å². The zero-order valence-electron chi connectivity index (χ0n) is 15.1. The van der Waals surface area contributed by atoms with Crippen molar-refractivity contribution in [2.24, 2.45) is 0 Å². The average molecular weight is 413 g/mol. The van der Waals surface area contributed by atoms with E-state index in [0.717, 1.165) is 16.8 Å². The third kappa shape index (κ3) is 3.63. The van der Waals surface area contributed by atoms with Gasteiger partial charge in [-0.25, -0.2) is 0 Å². The Kier molecular flexibility index (Phi) is 5.36. The van der Waals surface area contributed by atoms with Crippen LogP contribution >= 0.6 is 23.4 Å². The zero-order valence-corrected chi connectivity index (χ0v) is 16.6. The number of halogens is 1. The number of nitrogens with one attached hydrogen (secondary N) is 1. The molecule has 0 saturated carbocycles. The molecular formula is C20H17ClN4O2S. The van der Waals surface area contributed by atoms with E-state index in [1.54, 1.807) is 19.3 Å². The summed E-state index contributed by atoms with van der Waals surface area (Å²) >= 11 is 7.67. The third-order valence-electron chi connectivity index (χ3n) is 4.14. The van der Waals surface area contributed by atoms with Gasteiger partial charge in [0.15, 0.2) is 5.69 Å². The number of fused-ring (bicyclic) bond motifs is 3.